The number of hydrogen-bond donors (Lipinski definition) is 1. The van der Waals surface area contributed by atoms with E-state index in [1.54, 1.807) is 0 Å². The van der Waals surface area contributed by atoms with Crippen LogP contribution < -0.4 is 5.32 Å². The smallest absolute Gasteiger partial charge is 0.0662 e. The molecule has 0 aliphatic carbocycles. The lowest BCUT2D eigenvalue weighted by molar-refractivity contribution is 0.636. The van der Waals surface area contributed by atoms with Gasteiger partial charge in [-0.3, -0.25) is 4.68 Å². The van der Waals surface area contributed by atoms with Crippen LogP contribution in [-0.4, -0.2) is 22.9 Å². The average molecular weight is 285 g/mol. The van der Waals surface area contributed by atoms with Gasteiger partial charge in [0.05, 0.1) is 12.2 Å². The van der Waals surface area contributed by atoms with Crippen LogP contribution in [0, 0.1) is 13.8 Å². The van der Waals surface area contributed by atoms with Crippen molar-refractivity contribution in [2.24, 2.45) is 0 Å². The van der Waals surface area contributed by atoms with Gasteiger partial charge in [-0.2, -0.15) is 5.10 Å². The SMILES string of the molecule is CCCNCCCc1c(C)nn(Cc2ccccc2)c1C. The summed E-state index contributed by atoms with van der Waals surface area (Å²) in [5.74, 6) is 0. The Bertz CT molecular complexity index is 543. The van der Waals surface area contributed by atoms with E-state index in [0.717, 1.165) is 26.1 Å². The molecule has 3 heteroatoms. The molecule has 0 radical (unpaired) electrons. The highest BCUT2D eigenvalue weighted by atomic mass is 15.3. The maximum Gasteiger partial charge on any atom is 0.0662 e. The summed E-state index contributed by atoms with van der Waals surface area (Å²) in [5.41, 5.74) is 5.22. The molecule has 2 aromatic rings. The van der Waals surface area contributed by atoms with Crippen molar-refractivity contribution in [2.45, 2.75) is 46.6 Å². The van der Waals surface area contributed by atoms with Crippen molar-refractivity contribution >= 4 is 0 Å². The first kappa shape index (κ1) is 15.8. The lowest BCUT2D eigenvalue weighted by atomic mass is 10.1. The molecule has 0 saturated heterocycles. The molecular weight excluding hydrogens is 258 g/mol. The maximum atomic E-state index is 4.72. The molecule has 1 N–H and O–H groups in total. The molecule has 1 aromatic heterocycles. The summed E-state index contributed by atoms with van der Waals surface area (Å²) in [7, 11) is 0. The van der Waals surface area contributed by atoms with Crippen LogP contribution in [0.1, 0.15) is 42.3 Å². The van der Waals surface area contributed by atoms with Crippen molar-refractivity contribution in [3.8, 4) is 0 Å². The van der Waals surface area contributed by atoms with Gasteiger partial charge in [-0.15, -0.1) is 0 Å². The van der Waals surface area contributed by atoms with E-state index in [4.69, 9.17) is 5.10 Å². The van der Waals surface area contributed by atoms with E-state index in [2.05, 4.69) is 61.1 Å². The zero-order valence-electron chi connectivity index (χ0n) is 13.5. The third-order valence-corrected chi connectivity index (χ3v) is 3.91. The number of nitrogens with zero attached hydrogens (tertiary/aromatic N) is 2. The quantitative estimate of drug-likeness (QED) is 0.753. The van der Waals surface area contributed by atoms with Crippen LogP contribution in [0.2, 0.25) is 0 Å². The Morgan fingerprint density at radius 2 is 1.86 bits per heavy atom. The van der Waals surface area contributed by atoms with Gasteiger partial charge in [0.2, 0.25) is 0 Å². The van der Waals surface area contributed by atoms with Crippen LogP contribution in [-0.2, 0) is 13.0 Å². The van der Waals surface area contributed by atoms with E-state index in [9.17, 15) is 0 Å². The Morgan fingerprint density at radius 1 is 1.10 bits per heavy atom. The molecule has 0 saturated carbocycles. The van der Waals surface area contributed by atoms with Gasteiger partial charge in [0.15, 0.2) is 0 Å². The van der Waals surface area contributed by atoms with Gasteiger partial charge in [-0.05, 0) is 57.3 Å². The minimum Gasteiger partial charge on any atom is -0.317 e. The number of nitrogens with one attached hydrogen (secondary N) is 1. The molecule has 0 spiro atoms. The van der Waals surface area contributed by atoms with Gasteiger partial charge in [-0.25, -0.2) is 0 Å². The Balaban J connectivity index is 1.97. The van der Waals surface area contributed by atoms with E-state index in [1.165, 1.54) is 35.4 Å². The zero-order valence-corrected chi connectivity index (χ0v) is 13.5. The van der Waals surface area contributed by atoms with Crippen LogP contribution in [0.5, 0.6) is 0 Å². The van der Waals surface area contributed by atoms with E-state index in [1.807, 2.05) is 0 Å². The van der Waals surface area contributed by atoms with Crippen molar-refractivity contribution in [1.82, 2.24) is 15.1 Å². The first-order valence-electron chi connectivity index (χ1n) is 8.00. The van der Waals surface area contributed by atoms with E-state index in [0.29, 0.717) is 0 Å². The molecular formula is C18H27N3. The Kier molecular flexibility index (Phi) is 6.00. The van der Waals surface area contributed by atoms with Crippen LogP contribution in [0.3, 0.4) is 0 Å². The van der Waals surface area contributed by atoms with E-state index in [-0.39, 0.29) is 0 Å². The van der Waals surface area contributed by atoms with Gasteiger partial charge >= 0.3 is 0 Å². The van der Waals surface area contributed by atoms with Gasteiger partial charge in [0.1, 0.15) is 0 Å². The Labute approximate surface area is 128 Å². The second-order valence-corrected chi connectivity index (χ2v) is 5.65. The molecule has 1 aromatic carbocycles. The highest BCUT2D eigenvalue weighted by Crippen LogP contribution is 2.16. The van der Waals surface area contributed by atoms with Gasteiger partial charge < -0.3 is 5.32 Å². The Hall–Kier alpha value is -1.61. The summed E-state index contributed by atoms with van der Waals surface area (Å²) < 4.78 is 2.14. The van der Waals surface area contributed by atoms with Crippen molar-refractivity contribution in [3.63, 3.8) is 0 Å². The minimum atomic E-state index is 0.863. The molecule has 0 unspecified atom stereocenters. The second-order valence-electron chi connectivity index (χ2n) is 5.65. The summed E-state index contributed by atoms with van der Waals surface area (Å²) in [6, 6.07) is 10.5. The molecule has 2 rings (SSSR count). The summed E-state index contributed by atoms with van der Waals surface area (Å²) in [4.78, 5) is 0. The predicted molar refractivity (Wildman–Crippen MR) is 88.7 cm³/mol. The number of benzene rings is 1. The molecule has 21 heavy (non-hydrogen) atoms. The van der Waals surface area contributed by atoms with Crippen LogP contribution in [0.25, 0.3) is 0 Å². The lowest BCUT2D eigenvalue weighted by Crippen LogP contribution is -2.16. The zero-order chi connectivity index (χ0) is 15.1. The molecule has 0 amide bonds. The van der Waals surface area contributed by atoms with Crippen molar-refractivity contribution < 1.29 is 0 Å². The molecule has 0 aliphatic rings. The summed E-state index contributed by atoms with van der Waals surface area (Å²) in [5, 5.41) is 8.18. The van der Waals surface area contributed by atoms with Gasteiger partial charge in [0.25, 0.3) is 0 Å². The molecule has 0 aliphatic heterocycles. The monoisotopic (exact) mass is 285 g/mol. The first-order chi connectivity index (χ1) is 10.2. The molecule has 1 heterocycles. The Morgan fingerprint density at radius 3 is 2.57 bits per heavy atom. The predicted octanol–water partition coefficient (Wildman–Crippen LogP) is 3.48. The van der Waals surface area contributed by atoms with E-state index >= 15 is 0 Å². The fourth-order valence-corrected chi connectivity index (χ4v) is 2.70. The first-order valence-corrected chi connectivity index (χ1v) is 8.00. The summed E-state index contributed by atoms with van der Waals surface area (Å²) >= 11 is 0. The highest BCUT2D eigenvalue weighted by molar-refractivity contribution is 5.26. The third-order valence-electron chi connectivity index (χ3n) is 3.91. The highest BCUT2D eigenvalue weighted by Gasteiger charge is 2.11. The number of aromatic nitrogens is 2. The molecule has 0 fully saturated rings. The topological polar surface area (TPSA) is 29.9 Å². The van der Waals surface area contributed by atoms with Crippen LogP contribution in [0.15, 0.2) is 30.3 Å². The molecule has 0 bridgehead atoms. The van der Waals surface area contributed by atoms with Crippen molar-refractivity contribution in [3.05, 3.63) is 52.8 Å². The average Bonchev–Trinajstić information content (AvgIpc) is 2.75. The third kappa shape index (κ3) is 4.43. The number of hydrogen-bond acceptors (Lipinski definition) is 2. The van der Waals surface area contributed by atoms with Crippen LogP contribution in [0.4, 0.5) is 0 Å². The normalized spacial score (nSPS) is 11.0. The van der Waals surface area contributed by atoms with Crippen molar-refractivity contribution in [2.75, 3.05) is 13.1 Å². The minimum absolute atomic E-state index is 0.863. The molecule has 3 nitrogen and oxygen atoms in total. The second kappa shape index (κ2) is 7.99. The fraction of sp³-hybridized carbons (Fsp3) is 0.500. The standard InChI is InChI=1S/C18H27N3/c1-4-12-19-13-8-11-18-15(2)20-21(16(18)3)14-17-9-6-5-7-10-17/h5-7,9-10,19H,4,8,11-14H2,1-3H3. The van der Waals surface area contributed by atoms with Gasteiger partial charge in [0, 0.05) is 5.69 Å². The summed E-state index contributed by atoms with van der Waals surface area (Å²) in [6.45, 7) is 9.60. The van der Waals surface area contributed by atoms with Crippen LogP contribution >= 0.6 is 0 Å². The summed E-state index contributed by atoms with van der Waals surface area (Å²) in [6.07, 6.45) is 3.49. The largest absolute Gasteiger partial charge is 0.317 e. The molecule has 0 atom stereocenters. The lowest BCUT2D eigenvalue weighted by Gasteiger charge is -2.06. The fourth-order valence-electron chi connectivity index (χ4n) is 2.70. The number of rotatable bonds is 8. The number of aryl methyl sites for hydroxylation is 1. The maximum absolute atomic E-state index is 4.72. The van der Waals surface area contributed by atoms with Gasteiger partial charge in [-0.1, -0.05) is 37.3 Å². The molecule has 114 valence electrons. The van der Waals surface area contributed by atoms with E-state index < -0.39 is 0 Å². The van der Waals surface area contributed by atoms with Crippen molar-refractivity contribution in [1.29, 1.82) is 0 Å².